The summed E-state index contributed by atoms with van der Waals surface area (Å²) in [6, 6.07) is 19.0. The van der Waals surface area contributed by atoms with Crippen LogP contribution >= 0.6 is 0 Å². The van der Waals surface area contributed by atoms with Crippen LogP contribution in [0.4, 0.5) is 0 Å². The number of carbonyl (C=O) groups is 1. The number of ether oxygens (including phenoxy) is 1. The second kappa shape index (κ2) is 7.91. The predicted molar refractivity (Wildman–Crippen MR) is 121 cm³/mol. The Hall–Kier alpha value is -3.60. The first-order chi connectivity index (χ1) is 15.1. The van der Waals surface area contributed by atoms with Gasteiger partial charge in [-0.2, -0.15) is 0 Å². The van der Waals surface area contributed by atoms with Gasteiger partial charge < -0.3 is 9.30 Å². The molecule has 31 heavy (non-hydrogen) atoms. The minimum absolute atomic E-state index is 0.156. The highest BCUT2D eigenvalue weighted by Gasteiger charge is 2.23. The maximum atomic E-state index is 12.8. The highest BCUT2D eigenvalue weighted by molar-refractivity contribution is 6.10. The summed E-state index contributed by atoms with van der Waals surface area (Å²) in [7, 11) is 2.01. The molecule has 4 aromatic rings. The highest BCUT2D eigenvalue weighted by atomic mass is 16.5. The molecule has 156 valence electrons. The fourth-order valence-electron chi connectivity index (χ4n) is 4.44. The zero-order valence-electron chi connectivity index (χ0n) is 17.5. The summed E-state index contributed by atoms with van der Waals surface area (Å²) in [5.41, 5.74) is 4.61. The van der Waals surface area contributed by atoms with Gasteiger partial charge in [-0.3, -0.25) is 14.2 Å². The third kappa shape index (κ3) is 3.56. The van der Waals surface area contributed by atoms with E-state index >= 15 is 0 Å². The minimum Gasteiger partial charge on any atom is -0.489 e. The molecule has 0 radical (unpaired) electrons. The van der Waals surface area contributed by atoms with Crippen LogP contribution in [0.2, 0.25) is 0 Å². The van der Waals surface area contributed by atoms with Gasteiger partial charge in [-0.25, -0.2) is 0 Å². The van der Waals surface area contributed by atoms with E-state index in [0.717, 1.165) is 52.7 Å². The standard InChI is InChI=1S/C26H24N2O3/c1-27-22-9-5-6-10-24(29)26(22)21-12-11-19(15-23(21)27)28-14-13-20(16-25(28)30)31-17-18-7-3-2-4-8-18/h2-4,7-8,11-16H,5-6,9-10,17H2,1H3. The number of ketones is 1. The largest absolute Gasteiger partial charge is 0.489 e. The molecule has 0 saturated heterocycles. The van der Waals surface area contributed by atoms with Gasteiger partial charge in [-0.05, 0) is 43.0 Å². The molecule has 0 saturated carbocycles. The molecule has 1 aliphatic carbocycles. The summed E-state index contributed by atoms with van der Waals surface area (Å²) in [6.07, 6.45) is 5.23. The number of hydrogen-bond acceptors (Lipinski definition) is 3. The van der Waals surface area contributed by atoms with Crippen molar-refractivity contribution in [3.63, 3.8) is 0 Å². The number of aromatic nitrogens is 2. The van der Waals surface area contributed by atoms with Crippen LogP contribution in [0, 0.1) is 0 Å². The molecule has 0 N–H and O–H groups in total. The first kappa shape index (κ1) is 19.4. The molecule has 5 nitrogen and oxygen atoms in total. The van der Waals surface area contributed by atoms with E-state index in [1.807, 2.05) is 55.6 Å². The van der Waals surface area contributed by atoms with Crippen LogP contribution in [0.5, 0.6) is 5.75 Å². The van der Waals surface area contributed by atoms with E-state index in [0.29, 0.717) is 18.8 Å². The Balaban J connectivity index is 1.47. The number of Topliss-reactive ketones (excluding diaryl/α,β-unsaturated/α-hetero) is 1. The van der Waals surface area contributed by atoms with Gasteiger partial charge in [0.1, 0.15) is 12.4 Å². The maximum Gasteiger partial charge on any atom is 0.258 e. The van der Waals surface area contributed by atoms with E-state index in [9.17, 15) is 9.59 Å². The van der Waals surface area contributed by atoms with Crippen molar-refractivity contribution >= 4 is 16.7 Å². The Kier molecular flexibility index (Phi) is 4.94. The van der Waals surface area contributed by atoms with Crippen molar-refractivity contribution in [2.45, 2.75) is 32.3 Å². The lowest BCUT2D eigenvalue weighted by molar-refractivity contribution is 0.0983. The molecule has 0 spiro atoms. The number of pyridine rings is 1. The van der Waals surface area contributed by atoms with Gasteiger partial charge in [0.25, 0.3) is 5.56 Å². The molecule has 5 rings (SSSR count). The summed E-state index contributed by atoms with van der Waals surface area (Å²) in [6.45, 7) is 0.416. The topological polar surface area (TPSA) is 53.2 Å². The molecule has 0 aliphatic heterocycles. The lowest BCUT2D eigenvalue weighted by Crippen LogP contribution is -2.16. The van der Waals surface area contributed by atoms with Crippen LogP contribution in [-0.2, 0) is 20.1 Å². The Bertz CT molecular complexity index is 1330. The number of aryl methyl sites for hydroxylation is 1. The fraction of sp³-hybridized carbons (Fsp3) is 0.231. The number of rotatable bonds is 4. The van der Waals surface area contributed by atoms with Gasteiger partial charge in [0, 0.05) is 42.4 Å². The van der Waals surface area contributed by atoms with Gasteiger partial charge in [0.2, 0.25) is 0 Å². The summed E-state index contributed by atoms with van der Waals surface area (Å²) in [5, 5.41) is 0.976. The van der Waals surface area contributed by atoms with Crippen molar-refractivity contribution in [3.05, 3.63) is 94.0 Å². The van der Waals surface area contributed by atoms with Gasteiger partial charge in [0.05, 0.1) is 11.2 Å². The van der Waals surface area contributed by atoms with E-state index in [4.69, 9.17) is 4.74 Å². The Morgan fingerprint density at radius 3 is 2.55 bits per heavy atom. The molecule has 2 heterocycles. The second-order valence-corrected chi connectivity index (χ2v) is 8.06. The van der Waals surface area contributed by atoms with E-state index in [-0.39, 0.29) is 11.3 Å². The van der Waals surface area contributed by atoms with Crippen molar-refractivity contribution in [3.8, 4) is 11.4 Å². The number of benzene rings is 2. The summed E-state index contributed by atoms with van der Waals surface area (Å²) >= 11 is 0. The second-order valence-electron chi connectivity index (χ2n) is 8.06. The van der Waals surface area contributed by atoms with Crippen molar-refractivity contribution in [1.29, 1.82) is 0 Å². The van der Waals surface area contributed by atoms with Crippen molar-refractivity contribution in [1.82, 2.24) is 9.13 Å². The predicted octanol–water partition coefficient (Wildman–Crippen LogP) is 4.82. The Labute approximate surface area is 180 Å². The van der Waals surface area contributed by atoms with Crippen molar-refractivity contribution < 1.29 is 9.53 Å². The summed E-state index contributed by atoms with van der Waals surface area (Å²) in [4.78, 5) is 25.4. The summed E-state index contributed by atoms with van der Waals surface area (Å²) < 4.78 is 9.49. The first-order valence-corrected chi connectivity index (χ1v) is 10.7. The summed E-state index contributed by atoms with van der Waals surface area (Å²) in [5.74, 6) is 0.769. The number of carbonyl (C=O) groups excluding carboxylic acids is 1. The van der Waals surface area contributed by atoms with Crippen LogP contribution < -0.4 is 10.3 Å². The van der Waals surface area contributed by atoms with Gasteiger partial charge in [-0.1, -0.05) is 36.4 Å². The SMILES string of the molecule is Cn1c2c(c3ccc(-n4ccc(OCc5ccccc5)cc4=O)cc31)C(=O)CCCC2. The highest BCUT2D eigenvalue weighted by Crippen LogP contribution is 2.32. The van der Waals surface area contributed by atoms with Gasteiger partial charge in [-0.15, -0.1) is 0 Å². The van der Waals surface area contributed by atoms with Crippen molar-refractivity contribution in [2.75, 3.05) is 0 Å². The normalized spacial score (nSPS) is 13.8. The van der Waals surface area contributed by atoms with E-state index in [1.165, 1.54) is 6.07 Å². The molecule has 0 unspecified atom stereocenters. The van der Waals surface area contributed by atoms with Crippen LogP contribution in [-0.4, -0.2) is 14.9 Å². The van der Waals surface area contributed by atoms with Crippen LogP contribution in [0.3, 0.4) is 0 Å². The first-order valence-electron chi connectivity index (χ1n) is 10.7. The number of nitrogens with zero attached hydrogens (tertiary/aromatic N) is 2. The number of fused-ring (bicyclic) bond motifs is 3. The minimum atomic E-state index is -0.156. The molecule has 5 heteroatoms. The smallest absolute Gasteiger partial charge is 0.258 e. The third-order valence-electron chi connectivity index (χ3n) is 6.07. The molecule has 0 atom stereocenters. The Morgan fingerprint density at radius 2 is 1.74 bits per heavy atom. The monoisotopic (exact) mass is 412 g/mol. The zero-order chi connectivity index (χ0) is 21.4. The molecule has 0 fully saturated rings. The van der Waals surface area contributed by atoms with Crippen LogP contribution in [0.15, 0.2) is 71.7 Å². The Morgan fingerprint density at radius 1 is 0.935 bits per heavy atom. The van der Waals surface area contributed by atoms with E-state index in [2.05, 4.69) is 4.57 Å². The van der Waals surface area contributed by atoms with Gasteiger partial charge >= 0.3 is 0 Å². The average molecular weight is 412 g/mol. The lowest BCUT2D eigenvalue weighted by Gasteiger charge is -2.10. The van der Waals surface area contributed by atoms with Crippen molar-refractivity contribution in [2.24, 2.45) is 7.05 Å². The molecule has 1 aliphatic rings. The molecule has 2 aromatic heterocycles. The molecule has 0 bridgehead atoms. The third-order valence-corrected chi connectivity index (χ3v) is 6.07. The average Bonchev–Trinajstić information content (AvgIpc) is 2.92. The van der Waals surface area contributed by atoms with Crippen LogP contribution in [0.25, 0.3) is 16.6 Å². The van der Waals surface area contributed by atoms with E-state index in [1.54, 1.807) is 16.8 Å². The molecule has 2 aromatic carbocycles. The molecular weight excluding hydrogens is 388 g/mol. The van der Waals surface area contributed by atoms with Gasteiger partial charge in [0.15, 0.2) is 5.78 Å². The molecule has 0 amide bonds. The quantitative estimate of drug-likeness (QED) is 0.452. The number of hydrogen-bond donors (Lipinski definition) is 0. The zero-order valence-corrected chi connectivity index (χ0v) is 17.5. The van der Waals surface area contributed by atoms with Crippen LogP contribution in [0.1, 0.15) is 40.9 Å². The lowest BCUT2D eigenvalue weighted by atomic mass is 10.0. The maximum absolute atomic E-state index is 12.8. The van der Waals surface area contributed by atoms with E-state index < -0.39 is 0 Å². The molecular formula is C26H24N2O3. The fourth-order valence-corrected chi connectivity index (χ4v) is 4.44.